The molecule has 6 nitrogen and oxygen atoms in total. The van der Waals surface area contributed by atoms with Gasteiger partial charge in [-0.05, 0) is 56.5 Å². The minimum Gasteiger partial charge on any atom is -0.481 e. The van der Waals surface area contributed by atoms with E-state index in [9.17, 15) is 19.5 Å². The SMILES string of the molecule is CC1CC(CC(=O)Nc2ccc(-c3ccc(C(=O)CC(C)(C)C(=O)O)cc3)cc2)=CC=N1. The lowest BCUT2D eigenvalue weighted by Gasteiger charge is -2.17. The Labute approximate surface area is 188 Å². The number of carbonyl (C=O) groups is 3. The largest absolute Gasteiger partial charge is 0.481 e. The van der Waals surface area contributed by atoms with Gasteiger partial charge in [-0.2, -0.15) is 0 Å². The van der Waals surface area contributed by atoms with E-state index in [1.165, 1.54) is 0 Å². The average molecular weight is 433 g/mol. The molecule has 2 aromatic carbocycles. The van der Waals surface area contributed by atoms with E-state index in [1.807, 2.05) is 49.4 Å². The maximum Gasteiger partial charge on any atom is 0.309 e. The smallest absolute Gasteiger partial charge is 0.309 e. The lowest BCUT2D eigenvalue weighted by atomic mass is 9.85. The number of carboxylic acids is 1. The molecule has 1 heterocycles. The summed E-state index contributed by atoms with van der Waals surface area (Å²) in [5, 5.41) is 12.1. The minimum absolute atomic E-state index is 0.0568. The third-order valence-electron chi connectivity index (χ3n) is 5.49. The second-order valence-corrected chi connectivity index (χ2v) is 8.84. The number of aliphatic imine (C=N–C) groups is 1. The van der Waals surface area contributed by atoms with Gasteiger partial charge in [0.1, 0.15) is 0 Å². The standard InChI is InChI=1S/C26H28N2O4/c1-17-14-18(12-13-27-17)15-24(30)28-22-10-8-20(9-11-22)19-4-6-21(7-5-19)23(29)16-26(2,3)25(31)32/h4-13,17H,14-16H2,1-3H3,(H,28,30)(H,31,32). The molecule has 0 saturated heterocycles. The van der Waals surface area contributed by atoms with Crippen LogP contribution in [0.1, 0.15) is 50.4 Å². The van der Waals surface area contributed by atoms with Crippen LogP contribution in [0.4, 0.5) is 5.69 Å². The van der Waals surface area contributed by atoms with Gasteiger partial charge in [0.05, 0.1) is 11.5 Å². The zero-order valence-corrected chi connectivity index (χ0v) is 18.6. The van der Waals surface area contributed by atoms with Crippen molar-refractivity contribution in [1.82, 2.24) is 0 Å². The predicted molar refractivity (Wildman–Crippen MR) is 126 cm³/mol. The van der Waals surface area contributed by atoms with Crippen LogP contribution in [0.15, 0.2) is 65.2 Å². The van der Waals surface area contributed by atoms with Crippen LogP contribution in [0.25, 0.3) is 11.1 Å². The lowest BCUT2D eigenvalue weighted by molar-refractivity contribution is -0.146. The molecular weight excluding hydrogens is 404 g/mol. The van der Waals surface area contributed by atoms with Crippen molar-refractivity contribution in [2.45, 2.75) is 46.1 Å². The number of hydrogen-bond donors (Lipinski definition) is 2. The molecule has 1 aliphatic rings. The first kappa shape index (κ1) is 23.1. The van der Waals surface area contributed by atoms with Gasteiger partial charge in [-0.1, -0.05) is 42.0 Å². The number of carbonyl (C=O) groups excluding carboxylic acids is 2. The van der Waals surface area contributed by atoms with Crippen molar-refractivity contribution in [1.29, 1.82) is 0 Å². The van der Waals surface area contributed by atoms with Gasteiger partial charge in [-0.3, -0.25) is 19.4 Å². The molecule has 0 spiro atoms. The topological polar surface area (TPSA) is 95.8 Å². The van der Waals surface area contributed by atoms with Crippen molar-refractivity contribution in [2.75, 3.05) is 5.32 Å². The quantitative estimate of drug-likeness (QED) is 0.564. The maximum atomic E-state index is 12.4. The molecule has 0 bridgehead atoms. The highest BCUT2D eigenvalue weighted by Crippen LogP contribution is 2.26. The molecule has 2 aromatic rings. The summed E-state index contributed by atoms with van der Waals surface area (Å²) in [6, 6.07) is 14.8. The van der Waals surface area contributed by atoms with E-state index in [-0.39, 0.29) is 24.2 Å². The summed E-state index contributed by atoms with van der Waals surface area (Å²) in [6.45, 7) is 5.12. The van der Waals surface area contributed by atoms with E-state index in [0.29, 0.717) is 12.0 Å². The first-order valence-corrected chi connectivity index (χ1v) is 10.6. The van der Waals surface area contributed by atoms with Crippen LogP contribution < -0.4 is 5.32 Å². The van der Waals surface area contributed by atoms with Crippen LogP contribution in [0.5, 0.6) is 0 Å². The van der Waals surface area contributed by atoms with Gasteiger partial charge in [0.15, 0.2) is 5.78 Å². The molecule has 1 aliphatic heterocycles. The average Bonchev–Trinajstić information content (AvgIpc) is 2.74. The number of nitrogens with one attached hydrogen (secondary N) is 1. The zero-order valence-electron chi connectivity index (χ0n) is 18.6. The summed E-state index contributed by atoms with van der Waals surface area (Å²) in [7, 11) is 0. The Hall–Kier alpha value is -3.54. The molecule has 0 aliphatic carbocycles. The summed E-state index contributed by atoms with van der Waals surface area (Å²) >= 11 is 0. The molecular formula is C26H28N2O4. The number of ketones is 1. The zero-order chi connectivity index (χ0) is 23.3. The van der Waals surface area contributed by atoms with E-state index in [2.05, 4.69) is 10.3 Å². The van der Waals surface area contributed by atoms with Gasteiger partial charge in [0.25, 0.3) is 0 Å². The van der Waals surface area contributed by atoms with Gasteiger partial charge in [0, 0.05) is 30.3 Å². The van der Waals surface area contributed by atoms with E-state index >= 15 is 0 Å². The third-order valence-corrected chi connectivity index (χ3v) is 5.49. The number of nitrogens with zero attached hydrogens (tertiary/aromatic N) is 1. The highest BCUT2D eigenvalue weighted by Gasteiger charge is 2.30. The van der Waals surface area contributed by atoms with Crippen molar-refractivity contribution < 1.29 is 19.5 Å². The molecule has 1 atom stereocenters. The summed E-state index contributed by atoms with van der Waals surface area (Å²) in [5.74, 6) is -1.25. The Bertz CT molecular complexity index is 1060. The number of Topliss-reactive ketones (excluding diaryl/α,β-unsaturated/α-hetero) is 1. The number of hydrogen-bond acceptors (Lipinski definition) is 4. The van der Waals surface area contributed by atoms with Crippen LogP contribution >= 0.6 is 0 Å². The van der Waals surface area contributed by atoms with Gasteiger partial charge in [-0.25, -0.2) is 0 Å². The van der Waals surface area contributed by atoms with Gasteiger partial charge in [0.2, 0.25) is 5.91 Å². The molecule has 2 N–H and O–H groups in total. The van der Waals surface area contributed by atoms with Crippen molar-refractivity contribution in [3.05, 3.63) is 65.7 Å². The number of benzene rings is 2. The molecule has 0 aromatic heterocycles. The molecule has 0 saturated carbocycles. The molecule has 0 radical (unpaired) electrons. The Morgan fingerprint density at radius 1 is 1.03 bits per heavy atom. The van der Waals surface area contributed by atoms with Crippen molar-refractivity contribution in [3.63, 3.8) is 0 Å². The first-order chi connectivity index (χ1) is 15.1. The first-order valence-electron chi connectivity index (χ1n) is 10.6. The van der Waals surface area contributed by atoms with Crippen LogP contribution in [-0.2, 0) is 9.59 Å². The summed E-state index contributed by atoms with van der Waals surface area (Å²) < 4.78 is 0. The fourth-order valence-electron chi connectivity index (χ4n) is 3.51. The Kier molecular flexibility index (Phi) is 7.03. The summed E-state index contributed by atoms with van der Waals surface area (Å²) in [4.78, 5) is 40.2. The van der Waals surface area contributed by atoms with Crippen molar-refractivity contribution in [3.8, 4) is 11.1 Å². The van der Waals surface area contributed by atoms with Crippen molar-refractivity contribution in [2.24, 2.45) is 10.4 Å². The third kappa shape index (κ3) is 6.00. The maximum absolute atomic E-state index is 12.4. The van der Waals surface area contributed by atoms with Gasteiger partial charge < -0.3 is 10.4 Å². The van der Waals surface area contributed by atoms with Crippen LogP contribution in [-0.4, -0.2) is 35.0 Å². The van der Waals surface area contributed by atoms with Crippen molar-refractivity contribution >= 4 is 29.6 Å². The number of rotatable bonds is 8. The number of allylic oxidation sites excluding steroid dienone is 1. The lowest BCUT2D eigenvalue weighted by Crippen LogP contribution is -2.26. The Morgan fingerprint density at radius 3 is 2.19 bits per heavy atom. The normalized spacial score (nSPS) is 15.7. The van der Waals surface area contributed by atoms with Gasteiger partial charge >= 0.3 is 5.97 Å². The monoisotopic (exact) mass is 432 g/mol. The molecule has 166 valence electrons. The molecule has 6 heteroatoms. The van der Waals surface area contributed by atoms with E-state index in [0.717, 1.165) is 28.8 Å². The molecule has 0 fully saturated rings. The number of carboxylic acid groups (broad SMARTS) is 1. The molecule has 3 rings (SSSR count). The number of anilines is 1. The second-order valence-electron chi connectivity index (χ2n) is 8.84. The minimum atomic E-state index is -1.10. The van der Waals surface area contributed by atoms with Crippen LogP contribution in [0.2, 0.25) is 0 Å². The predicted octanol–water partition coefficient (Wildman–Crippen LogP) is 5.16. The Morgan fingerprint density at radius 2 is 1.62 bits per heavy atom. The molecule has 1 unspecified atom stereocenters. The molecule has 32 heavy (non-hydrogen) atoms. The van der Waals surface area contributed by atoms with E-state index in [1.54, 1.807) is 32.2 Å². The molecule has 1 amide bonds. The number of dihydropyridines is 1. The number of amides is 1. The van der Waals surface area contributed by atoms with Crippen LogP contribution in [0, 0.1) is 5.41 Å². The fourth-order valence-corrected chi connectivity index (χ4v) is 3.51. The highest BCUT2D eigenvalue weighted by atomic mass is 16.4. The van der Waals surface area contributed by atoms with Gasteiger partial charge in [-0.15, -0.1) is 0 Å². The summed E-state index contributed by atoms with van der Waals surface area (Å²) in [5.41, 5.74) is 3.06. The van der Waals surface area contributed by atoms with Crippen LogP contribution in [0.3, 0.4) is 0 Å². The fraction of sp³-hybridized carbons (Fsp3) is 0.308. The summed E-state index contributed by atoms with van der Waals surface area (Å²) in [6.07, 6.45) is 4.76. The Balaban J connectivity index is 1.60. The van der Waals surface area contributed by atoms with E-state index < -0.39 is 11.4 Å². The highest BCUT2D eigenvalue weighted by molar-refractivity contribution is 5.99. The number of aliphatic carboxylic acids is 1. The van der Waals surface area contributed by atoms with E-state index in [4.69, 9.17) is 0 Å². The second kappa shape index (κ2) is 9.73.